The third kappa shape index (κ3) is 6.23. The summed E-state index contributed by atoms with van der Waals surface area (Å²) in [5.74, 6) is -1.06. The topological polar surface area (TPSA) is 99.3 Å². The molecule has 3 amide bonds. The van der Waals surface area contributed by atoms with E-state index in [9.17, 15) is 14.4 Å². The molecule has 3 rings (SSSR count). The second-order valence-electron chi connectivity index (χ2n) is 7.13. The lowest BCUT2D eigenvalue weighted by molar-refractivity contribution is 0.0934. The van der Waals surface area contributed by atoms with Crippen LogP contribution in [0.25, 0.3) is 0 Å². The number of hydrogen-bond acceptors (Lipinski definition) is 4. The number of hydrazine groups is 1. The second-order valence-corrected chi connectivity index (χ2v) is 7.54. The largest absolute Gasteiger partial charge is 0.322 e. The number of hydrogen-bond donors (Lipinski definition) is 4. The molecular formula is C24H22N4O3S. The zero-order chi connectivity index (χ0) is 23.1. The monoisotopic (exact) mass is 446 g/mol. The van der Waals surface area contributed by atoms with E-state index in [4.69, 9.17) is 12.2 Å². The summed E-state index contributed by atoms with van der Waals surface area (Å²) >= 11 is 5.05. The van der Waals surface area contributed by atoms with Crippen molar-refractivity contribution in [1.29, 1.82) is 0 Å². The van der Waals surface area contributed by atoms with Crippen LogP contribution in [0.5, 0.6) is 0 Å². The van der Waals surface area contributed by atoms with Crippen LogP contribution >= 0.6 is 12.2 Å². The van der Waals surface area contributed by atoms with Crippen molar-refractivity contribution in [2.24, 2.45) is 0 Å². The summed E-state index contributed by atoms with van der Waals surface area (Å²) in [6.45, 7) is 3.80. The van der Waals surface area contributed by atoms with E-state index in [0.717, 1.165) is 11.1 Å². The molecule has 0 fully saturated rings. The Morgan fingerprint density at radius 3 is 1.78 bits per heavy atom. The molecule has 0 atom stereocenters. The molecule has 0 spiro atoms. The number of carbonyl (C=O) groups excluding carboxylic acids is 3. The minimum atomic E-state index is -0.450. The van der Waals surface area contributed by atoms with E-state index in [1.807, 2.05) is 32.0 Å². The average molecular weight is 447 g/mol. The van der Waals surface area contributed by atoms with Crippen molar-refractivity contribution < 1.29 is 14.4 Å². The summed E-state index contributed by atoms with van der Waals surface area (Å²) < 4.78 is 0. The van der Waals surface area contributed by atoms with Gasteiger partial charge in [0.1, 0.15) is 0 Å². The predicted octanol–water partition coefficient (Wildman–Crippen LogP) is 3.51. The van der Waals surface area contributed by atoms with Crippen molar-refractivity contribution in [2.45, 2.75) is 13.8 Å². The highest BCUT2D eigenvalue weighted by atomic mass is 32.1. The Balaban J connectivity index is 1.50. The van der Waals surface area contributed by atoms with E-state index in [-0.39, 0.29) is 16.9 Å². The molecule has 0 aromatic heterocycles. The molecule has 0 saturated heterocycles. The van der Waals surface area contributed by atoms with Crippen molar-refractivity contribution in [3.63, 3.8) is 0 Å². The third-order valence-corrected chi connectivity index (χ3v) is 4.69. The van der Waals surface area contributed by atoms with Gasteiger partial charge in [-0.3, -0.25) is 30.6 Å². The SMILES string of the molecule is Cc1cccc(C(=O)NC(=S)NNC(=O)c2ccc(NC(=O)c3cccc(C)c3)cc2)c1. The summed E-state index contributed by atoms with van der Waals surface area (Å²) in [5, 5.41) is 5.25. The molecule has 8 heteroatoms. The minimum absolute atomic E-state index is 0.0353. The Bertz CT molecular complexity index is 1180. The first-order chi connectivity index (χ1) is 15.3. The molecule has 0 aliphatic heterocycles. The van der Waals surface area contributed by atoms with Gasteiger partial charge in [0.15, 0.2) is 5.11 Å². The van der Waals surface area contributed by atoms with E-state index in [1.54, 1.807) is 54.6 Å². The number of thiocarbonyl (C=S) groups is 1. The van der Waals surface area contributed by atoms with E-state index >= 15 is 0 Å². The molecule has 3 aromatic rings. The van der Waals surface area contributed by atoms with Crippen LogP contribution in [0.1, 0.15) is 42.2 Å². The van der Waals surface area contributed by atoms with Crippen LogP contribution in [-0.4, -0.2) is 22.8 Å². The summed E-state index contributed by atoms with van der Waals surface area (Å²) in [7, 11) is 0. The van der Waals surface area contributed by atoms with E-state index in [2.05, 4.69) is 21.5 Å². The van der Waals surface area contributed by atoms with Crippen molar-refractivity contribution in [2.75, 3.05) is 5.32 Å². The number of amides is 3. The Hall–Kier alpha value is -4.04. The molecule has 0 aliphatic rings. The number of nitrogens with one attached hydrogen (secondary N) is 4. The molecule has 0 heterocycles. The van der Waals surface area contributed by atoms with Gasteiger partial charge in [-0.1, -0.05) is 35.4 Å². The standard InChI is InChI=1S/C24H22N4O3S/c1-15-5-3-7-18(13-15)21(29)25-20-11-9-17(10-12-20)23(31)27-28-24(32)26-22(30)19-8-4-6-16(2)14-19/h3-14H,1-2H3,(H,25,29)(H,27,31)(H2,26,28,30,32). The van der Waals surface area contributed by atoms with E-state index in [1.165, 1.54) is 0 Å². The Labute approximate surface area is 191 Å². The molecule has 0 unspecified atom stereocenters. The maximum atomic E-state index is 12.3. The lowest BCUT2D eigenvalue weighted by atomic mass is 10.1. The third-order valence-electron chi connectivity index (χ3n) is 4.48. The minimum Gasteiger partial charge on any atom is -0.322 e. The predicted molar refractivity (Wildman–Crippen MR) is 127 cm³/mol. The van der Waals surface area contributed by atoms with Crippen molar-refractivity contribution in [3.8, 4) is 0 Å². The molecule has 0 bridgehead atoms. The quantitative estimate of drug-likeness (QED) is 0.363. The van der Waals surface area contributed by atoms with Crippen LogP contribution < -0.4 is 21.5 Å². The molecule has 3 aromatic carbocycles. The lowest BCUT2D eigenvalue weighted by Gasteiger charge is -2.11. The number of aryl methyl sites for hydroxylation is 2. The number of rotatable bonds is 4. The Morgan fingerprint density at radius 1 is 0.656 bits per heavy atom. The summed E-state index contributed by atoms with van der Waals surface area (Å²) in [5.41, 5.74) is 8.78. The second kappa shape index (κ2) is 10.3. The van der Waals surface area contributed by atoms with Crippen LogP contribution in [0.2, 0.25) is 0 Å². The van der Waals surface area contributed by atoms with Gasteiger partial charge in [0.25, 0.3) is 17.7 Å². The van der Waals surface area contributed by atoms with Gasteiger partial charge >= 0.3 is 0 Å². The molecule has 32 heavy (non-hydrogen) atoms. The first-order valence-electron chi connectivity index (χ1n) is 9.78. The highest BCUT2D eigenvalue weighted by molar-refractivity contribution is 7.80. The Kier molecular flexibility index (Phi) is 7.30. The average Bonchev–Trinajstić information content (AvgIpc) is 2.78. The van der Waals surface area contributed by atoms with Crippen LogP contribution in [-0.2, 0) is 0 Å². The van der Waals surface area contributed by atoms with Gasteiger partial charge in [0.05, 0.1) is 0 Å². The molecule has 0 saturated carbocycles. The molecule has 7 nitrogen and oxygen atoms in total. The summed E-state index contributed by atoms with van der Waals surface area (Å²) in [6.07, 6.45) is 0. The highest BCUT2D eigenvalue weighted by Gasteiger charge is 2.11. The van der Waals surface area contributed by atoms with Crippen LogP contribution in [0, 0.1) is 13.8 Å². The maximum absolute atomic E-state index is 12.3. The van der Waals surface area contributed by atoms with Gasteiger partial charge in [0, 0.05) is 22.4 Å². The molecule has 0 aliphatic carbocycles. The molecular weight excluding hydrogens is 424 g/mol. The summed E-state index contributed by atoms with van der Waals surface area (Å²) in [6, 6.07) is 20.7. The lowest BCUT2D eigenvalue weighted by Crippen LogP contribution is -2.48. The van der Waals surface area contributed by atoms with Crippen molar-refractivity contribution in [3.05, 3.63) is 101 Å². The van der Waals surface area contributed by atoms with Crippen molar-refractivity contribution >= 4 is 40.7 Å². The van der Waals surface area contributed by atoms with Gasteiger partial charge in [-0.2, -0.15) is 0 Å². The highest BCUT2D eigenvalue weighted by Crippen LogP contribution is 2.12. The number of carbonyl (C=O) groups is 3. The van der Waals surface area contributed by atoms with Gasteiger partial charge in [-0.15, -0.1) is 0 Å². The van der Waals surface area contributed by atoms with Crippen LogP contribution in [0.4, 0.5) is 5.69 Å². The fourth-order valence-electron chi connectivity index (χ4n) is 2.87. The first-order valence-corrected chi connectivity index (χ1v) is 10.2. The van der Waals surface area contributed by atoms with Gasteiger partial charge in [-0.05, 0) is 74.6 Å². The Morgan fingerprint density at radius 2 is 1.22 bits per heavy atom. The molecule has 162 valence electrons. The van der Waals surface area contributed by atoms with Crippen molar-refractivity contribution in [1.82, 2.24) is 16.2 Å². The first kappa shape index (κ1) is 22.6. The van der Waals surface area contributed by atoms with Gasteiger partial charge < -0.3 is 5.32 Å². The number of anilines is 1. The van der Waals surface area contributed by atoms with Gasteiger partial charge in [-0.25, -0.2) is 0 Å². The van der Waals surface area contributed by atoms with Crippen LogP contribution in [0.15, 0.2) is 72.8 Å². The molecule has 4 N–H and O–H groups in total. The number of benzene rings is 3. The van der Waals surface area contributed by atoms with Crippen LogP contribution in [0.3, 0.4) is 0 Å². The van der Waals surface area contributed by atoms with E-state index < -0.39 is 5.91 Å². The zero-order valence-electron chi connectivity index (χ0n) is 17.6. The molecule has 0 radical (unpaired) electrons. The maximum Gasteiger partial charge on any atom is 0.269 e. The smallest absolute Gasteiger partial charge is 0.269 e. The van der Waals surface area contributed by atoms with Gasteiger partial charge in [0.2, 0.25) is 0 Å². The van der Waals surface area contributed by atoms with E-state index in [0.29, 0.717) is 22.4 Å². The fraction of sp³-hybridized carbons (Fsp3) is 0.0833. The normalized spacial score (nSPS) is 10.1. The summed E-state index contributed by atoms with van der Waals surface area (Å²) in [4.78, 5) is 36.8. The zero-order valence-corrected chi connectivity index (χ0v) is 18.4. The fourth-order valence-corrected chi connectivity index (χ4v) is 3.02.